The van der Waals surface area contributed by atoms with Gasteiger partial charge >= 0.3 is 18.3 Å². The molecule has 1 amide bonds. The van der Waals surface area contributed by atoms with Gasteiger partial charge in [-0.15, -0.1) is 0 Å². The minimum Gasteiger partial charge on any atom is -0.330 e. The highest BCUT2D eigenvalue weighted by atomic mass is 32.2. The Morgan fingerprint density at radius 2 is 1.69 bits per heavy atom. The molecule has 1 aliphatic carbocycles. The van der Waals surface area contributed by atoms with Crippen LogP contribution in [0.1, 0.15) is 36.6 Å². The molecule has 2 aliphatic rings. The number of carbonyl (C=O) groups is 1. The highest BCUT2D eigenvalue weighted by Gasteiger charge is 2.64. The zero-order chi connectivity index (χ0) is 26.9. The fraction of sp³-hybridized carbons (Fsp3) is 0.455. The number of likely N-dealkylation sites (tertiary alicyclic amines) is 1. The molecule has 1 fully saturated rings. The summed E-state index contributed by atoms with van der Waals surface area (Å²) in [5.74, 6) is -3.04. The van der Waals surface area contributed by atoms with Crippen molar-refractivity contribution in [2.24, 2.45) is 0 Å². The van der Waals surface area contributed by atoms with Crippen molar-refractivity contribution in [2.75, 3.05) is 6.54 Å². The van der Waals surface area contributed by atoms with Crippen molar-refractivity contribution < 1.29 is 48.3 Å². The molecule has 36 heavy (non-hydrogen) atoms. The van der Waals surface area contributed by atoms with Gasteiger partial charge in [-0.2, -0.15) is 26.3 Å². The van der Waals surface area contributed by atoms with Crippen LogP contribution in [0.5, 0.6) is 0 Å². The van der Waals surface area contributed by atoms with E-state index in [-0.39, 0.29) is 30.9 Å². The molecule has 1 aliphatic heterocycles. The van der Waals surface area contributed by atoms with Crippen molar-refractivity contribution in [3.05, 3.63) is 59.2 Å². The molecule has 0 radical (unpaired) electrons. The molecule has 196 valence electrons. The minimum absolute atomic E-state index is 0.0450. The van der Waals surface area contributed by atoms with Crippen molar-refractivity contribution >= 4 is 15.7 Å². The molecule has 2 aromatic rings. The lowest BCUT2D eigenvalue weighted by molar-refractivity contribution is -0.230. The van der Waals surface area contributed by atoms with Gasteiger partial charge in [-0.25, -0.2) is 17.2 Å². The molecule has 1 saturated heterocycles. The molecule has 3 atom stereocenters. The van der Waals surface area contributed by atoms with E-state index in [0.717, 1.165) is 36.5 Å². The van der Waals surface area contributed by atoms with Crippen molar-refractivity contribution in [3.8, 4) is 0 Å². The van der Waals surface area contributed by atoms with Gasteiger partial charge in [0.25, 0.3) is 0 Å². The van der Waals surface area contributed by atoms with Crippen LogP contribution in [-0.4, -0.2) is 49.1 Å². The average Bonchev–Trinajstić information content (AvgIpc) is 3.18. The van der Waals surface area contributed by atoms with Gasteiger partial charge in [-0.1, -0.05) is 0 Å². The van der Waals surface area contributed by atoms with Crippen LogP contribution in [0.3, 0.4) is 0 Å². The summed E-state index contributed by atoms with van der Waals surface area (Å²) in [7, 11) is -4.66. The SMILES string of the molecule is CC(F)(c1cc2c(cn1)C1(S(=O)(=O)c3ccc(F)cc3)CCN(C(=O)C(F)(F)F)C1CC2)C(F)(F)F. The lowest BCUT2D eigenvalue weighted by Crippen LogP contribution is -2.54. The first-order valence-electron chi connectivity index (χ1n) is 10.6. The number of amides is 1. The first-order valence-corrected chi connectivity index (χ1v) is 12.1. The Kier molecular flexibility index (Phi) is 5.93. The second-order valence-electron chi connectivity index (χ2n) is 8.88. The highest BCUT2D eigenvalue weighted by molar-refractivity contribution is 7.92. The number of pyridine rings is 1. The minimum atomic E-state index is -5.34. The topological polar surface area (TPSA) is 67.3 Å². The molecule has 5 nitrogen and oxygen atoms in total. The number of hydrogen-bond donors (Lipinski definition) is 0. The Hall–Kier alpha value is -2.77. The predicted molar refractivity (Wildman–Crippen MR) is 109 cm³/mol. The van der Waals surface area contributed by atoms with E-state index in [1.54, 1.807) is 0 Å². The van der Waals surface area contributed by atoms with Crippen LogP contribution < -0.4 is 0 Å². The van der Waals surface area contributed by atoms with E-state index in [9.17, 15) is 48.3 Å². The van der Waals surface area contributed by atoms with E-state index in [0.29, 0.717) is 4.90 Å². The maximum absolute atomic E-state index is 14.6. The summed E-state index contributed by atoms with van der Waals surface area (Å²) < 4.78 is 133. The highest BCUT2D eigenvalue weighted by Crippen LogP contribution is 2.54. The number of fused-ring (bicyclic) bond motifs is 3. The van der Waals surface area contributed by atoms with Crippen LogP contribution in [0.2, 0.25) is 0 Å². The summed E-state index contributed by atoms with van der Waals surface area (Å²) in [4.78, 5) is 15.6. The summed E-state index contributed by atoms with van der Waals surface area (Å²) >= 11 is 0. The lowest BCUT2D eigenvalue weighted by atomic mass is 9.78. The Balaban J connectivity index is 1.94. The molecular weight excluding hydrogens is 524 g/mol. The molecule has 0 saturated carbocycles. The number of aryl methyl sites for hydroxylation is 1. The van der Waals surface area contributed by atoms with E-state index in [1.165, 1.54) is 0 Å². The molecule has 1 aromatic heterocycles. The molecular formula is C22H18F8N2O3S. The zero-order valence-corrected chi connectivity index (χ0v) is 19.2. The van der Waals surface area contributed by atoms with E-state index in [1.807, 2.05) is 0 Å². The third-order valence-electron chi connectivity index (χ3n) is 6.89. The normalized spacial score (nSPS) is 24.1. The summed E-state index contributed by atoms with van der Waals surface area (Å²) in [6.45, 7) is -0.369. The van der Waals surface area contributed by atoms with Gasteiger partial charge in [0.05, 0.1) is 16.6 Å². The van der Waals surface area contributed by atoms with E-state index in [2.05, 4.69) is 4.98 Å². The standard InChI is InChI=1S/C22H18F8N2O3S/c1-19(24,22(28,29)30)16-10-12-2-7-17-20(15(12)11-31-16,8-9-32(17)18(33)21(25,26)27)36(34,35)14-5-3-13(23)4-6-14/h3-6,10-11,17H,2,7-9H2,1H3. The summed E-state index contributed by atoms with van der Waals surface area (Å²) in [5.41, 5.74) is -5.18. The number of aromatic nitrogens is 1. The van der Waals surface area contributed by atoms with Crippen LogP contribution in [0.4, 0.5) is 35.1 Å². The van der Waals surface area contributed by atoms with Gasteiger partial charge in [0.1, 0.15) is 10.6 Å². The van der Waals surface area contributed by atoms with E-state index < -0.39 is 73.9 Å². The molecule has 0 N–H and O–H groups in total. The monoisotopic (exact) mass is 542 g/mol. The predicted octanol–water partition coefficient (Wildman–Crippen LogP) is 4.75. The smallest absolute Gasteiger partial charge is 0.330 e. The molecule has 4 rings (SSSR count). The number of benzene rings is 1. The quantitative estimate of drug-likeness (QED) is 0.415. The van der Waals surface area contributed by atoms with Crippen molar-refractivity contribution in [1.82, 2.24) is 9.88 Å². The van der Waals surface area contributed by atoms with Gasteiger partial charge in [0.2, 0.25) is 5.67 Å². The van der Waals surface area contributed by atoms with Crippen molar-refractivity contribution in [1.29, 1.82) is 0 Å². The third-order valence-corrected chi connectivity index (χ3v) is 9.44. The molecule has 14 heteroatoms. The Morgan fingerprint density at radius 1 is 1.08 bits per heavy atom. The van der Waals surface area contributed by atoms with E-state index in [4.69, 9.17) is 0 Å². The fourth-order valence-electron chi connectivity index (χ4n) is 5.03. The first-order chi connectivity index (χ1) is 16.4. The Labute approximate surface area is 200 Å². The Bertz CT molecular complexity index is 1310. The average molecular weight is 542 g/mol. The van der Waals surface area contributed by atoms with Gasteiger partial charge in [0.15, 0.2) is 9.84 Å². The maximum atomic E-state index is 14.6. The number of nitrogens with zero attached hydrogens (tertiary/aromatic N) is 2. The number of carbonyl (C=O) groups excluding carboxylic acids is 1. The van der Waals surface area contributed by atoms with E-state index >= 15 is 0 Å². The molecule has 2 heterocycles. The van der Waals surface area contributed by atoms with Crippen LogP contribution in [0.15, 0.2) is 41.4 Å². The molecule has 3 unspecified atom stereocenters. The van der Waals surface area contributed by atoms with Gasteiger partial charge in [-0.3, -0.25) is 9.78 Å². The van der Waals surface area contributed by atoms with Gasteiger partial charge < -0.3 is 4.90 Å². The van der Waals surface area contributed by atoms with Crippen molar-refractivity contribution in [3.63, 3.8) is 0 Å². The second-order valence-corrected chi connectivity index (χ2v) is 11.1. The summed E-state index contributed by atoms with van der Waals surface area (Å²) in [5, 5.41) is 0. The van der Waals surface area contributed by atoms with Gasteiger partial charge in [0, 0.05) is 12.7 Å². The number of alkyl halides is 7. The number of sulfone groups is 1. The largest absolute Gasteiger partial charge is 0.471 e. The lowest BCUT2D eigenvalue weighted by Gasteiger charge is -2.42. The molecule has 1 aromatic carbocycles. The van der Waals surface area contributed by atoms with Crippen LogP contribution in [0, 0.1) is 5.82 Å². The van der Waals surface area contributed by atoms with Gasteiger partial charge in [-0.05, 0) is 67.6 Å². The number of halogens is 8. The zero-order valence-electron chi connectivity index (χ0n) is 18.4. The number of rotatable bonds is 3. The third kappa shape index (κ3) is 3.75. The van der Waals surface area contributed by atoms with Crippen LogP contribution in [-0.2, 0) is 31.5 Å². The Morgan fingerprint density at radius 3 is 2.25 bits per heavy atom. The van der Waals surface area contributed by atoms with Crippen LogP contribution in [0.25, 0.3) is 0 Å². The molecule has 0 spiro atoms. The maximum Gasteiger partial charge on any atom is 0.471 e. The van der Waals surface area contributed by atoms with Crippen LogP contribution >= 0.6 is 0 Å². The fourth-order valence-corrected chi connectivity index (χ4v) is 7.38. The second kappa shape index (κ2) is 8.12. The molecule has 0 bridgehead atoms. The number of hydrogen-bond acceptors (Lipinski definition) is 4. The summed E-state index contributed by atoms with van der Waals surface area (Å²) in [6.07, 6.45) is -11.0. The van der Waals surface area contributed by atoms with Crippen molar-refractivity contribution in [2.45, 2.75) is 59.9 Å². The summed E-state index contributed by atoms with van der Waals surface area (Å²) in [6, 6.07) is 2.69. The first kappa shape index (κ1) is 26.3.